The maximum Gasteiger partial charge on any atom is 0.289 e. The summed E-state index contributed by atoms with van der Waals surface area (Å²) in [4.78, 5) is 10.2. The quantitative estimate of drug-likeness (QED) is 0.629. The molecule has 0 radical (unpaired) electrons. The summed E-state index contributed by atoms with van der Waals surface area (Å²) < 4.78 is 5.05. The van der Waals surface area contributed by atoms with Crippen molar-refractivity contribution >= 4 is 23.0 Å². The second kappa shape index (κ2) is 6.42. The molecule has 1 aromatic carbocycles. The van der Waals surface area contributed by atoms with Crippen molar-refractivity contribution in [1.82, 2.24) is 0 Å². The molecule has 1 aromatic rings. The number of nitro groups is 1. The standard InChI is InChI=1S/C11H15ClN2O3/c1-3-8(7-17-2)13-9-5-4-6-10(11(9)12)14(15)16/h4-6,8,13H,3,7H2,1-2H3. The normalized spacial score (nSPS) is 12.2. The van der Waals surface area contributed by atoms with Gasteiger partial charge in [0.2, 0.25) is 0 Å². The van der Waals surface area contributed by atoms with Crippen molar-refractivity contribution in [2.75, 3.05) is 19.0 Å². The van der Waals surface area contributed by atoms with Crippen LogP contribution in [0.1, 0.15) is 13.3 Å². The van der Waals surface area contributed by atoms with E-state index >= 15 is 0 Å². The summed E-state index contributed by atoms with van der Waals surface area (Å²) in [5, 5.41) is 14.0. The molecule has 6 heteroatoms. The SMILES string of the molecule is CCC(COC)Nc1cccc([N+](=O)[O-])c1Cl. The van der Waals surface area contributed by atoms with Crippen LogP contribution < -0.4 is 5.32 Å². The highest BCUT2D eigenvalue weighted by atomic mass is 35.5. The number of nitro benzene ring substituents is 1. The molecule has 0 aromatic heterocycles. The maximum atomic E-state index is 10.7. The third-order valence-corrected chi connectivity index (χ3v) is 2.79. The lowest BCUT2D eigenvalue weighted by Gasteiger charge is -2.17. The van der Waals surface area contributed by atoms with E-state index in [1.165, 1.54) is 6.07 Å². The summed E-state index contributed by atoms with van der Waals surface area (Å²) in [5.41, 5.74) is 0.466. The minimum atomic E-state index is -0.495. The molecule has 5 nitrogen and oxygen atoms in total. The average Bonchev–Trinajstić information content (AvgIpc) is 2.30. The van der Waals surface area contributed by atoms with Crippen LogP contribution in [0.15, 0.2) is 18.2 Å². The van der Waals surface area contributed by atoms with Gasteiger partial charge in [0.15, 0.2) is 0 Å². The zero-order valence-corrected chi connectivity index (χ0v) is 10.5. The summed E-state index contributed by atoms with van der Waals surface area (Å²) in [6.07, 6.45) is 0.840. The number of hydrogen-bond donors (Lipinski definition) is 1. The minimum absolute atomic E-state index is 0.0829. The molecule has 0 aliphatic carbocycles. The van der Waals surface area contributed by atoms with E-state index in [2.05, 4.69) is 5.32 Å². The van der Waals surface area contributed by atoms with Crippen LogP contribution in [0.5, 0.6) is 0 Å². The third-order valence-electron chi connectivity index (χ3n) is 2.40. The van der Waals surface area contributed by atoms with Crippen LogP contribution in [0.25, 0.3) is 0 Å². The molecule has 0 aliphatic heterocycles. The summed E-state index contributed by atoms with van der Waals surface area (Å²) in [5.74, 6) is 0. The molecule has 0 heterocycles. The van der Waals surface area contributed by atoms with E-state index in [0.29, 0.717) is 12.3 Å². The number of hydrogen-bond acceptors (Lipinski definition) is 4. The molecule has 94 valence electrons. The van der Waals surface area contributed by atoms with E-state index in [0.717, 1.165) is 6.42 Å². The average molecular weight is 259 g/mol. The fourth-order valence-corrected chi connectivity index (χ4v) is 1.70. The number of benzene rings is 1. The largest absolute Gasteiger partial charge is 0.383 e. The maximum absolute atomic E-state index is 10.7. The Morgan fingerprint density at radius 2 is 2.29 bits per heavy atom. The van der Waals surface area contributed by atoms with E-state index in [1.54, 1.807) is 19.2 Å². The molecular formula is C11H15ClN2O3. The molecule has 1 rings (SSSR count). The molecule has 0 aliphatic rings. The van der Waals surface area contributed by atoms with Crippen molar-refractivity contribution in [2.45, 2.75) is 19.4 Å². The monoisotopic (exact) mass is 258 g/mol. The number of rotatable bonds is 6. The van der Waals surface area contributed by atoms with Crippen LogP contribution in [-0.4, -0.2) is 24.7 Å². The fraction of sp³-hybridized carbons (Fsp3) is 0.455. The van der Waals surface area contributed by atoms with Gasteiger partial charge in [-0.25, -0.2) is 0 Å². The first-order chi connectivity index (χ1) is 8.10. The Bertz CT molecular complexity index is 398. The summed E-state index contributed by atoms with van der Waals surface area (Å²) in [6, 6.07) is 4.78. The van der Waals surface area contributed by atoms with Gasteiger partial charge in [0.25, 0.3) is 5.69 Å². The minimum Gasteiger partial charge on any atom is -0.383 e. The van der Waals surface area contributed by atoms with Crippen LogP contribution in [-0.2, 0) is 4.74 Å². The number of nitrogens with zero attached hydrogens (tertiary/aromatic N) is 1. The molecule has 0 fully saturated rings. The molecule has 1 N–H and O–H groups in total. The highest BCUT2D eigenvalue weighted by Gasteiger charge is 2.17. The van der Waals surface area contributed by atoms with Gasteiger partial charge < -0.3 is 10.1 Å². The Morgan fingerprint density at radius 3 is 2.82 bits per heavy atom. The first-order valence-corrected chi connectivity index (χ1v) is 5.66. The molecule has 0 bridgehead atoms. The number of nitrogens with one attached hydrogen (secondary N) is 1. The van der Waals surface area contributed by atoms with Gasteiger partial charge in [-0.3, -0.25) is 10.1 Å². The first kappa shape index (κ1) is 13.7. The molecule has 0 spiro atoms. The number of halogens is 1. The van der Waals surface area contributed by atoms with Gasteiger partial charge in [0.05, 0.1) is 17.2 Å². The summed E-state index contributed by atoms with van der Waals surface area (Å²) in [6.45, 7) is 2.53. The molecule has 1 unspecified atom stereocenters. The van der Waals surface area contributed by atoms with Crippen LogP contribution in [0.2, 0.25) is 5.02 Å². The zero-order valence-electron chi connectivity index (χ0n) is 9.77. The Labute approximate surface area is 105 Å². The van der Waals surface area contributed by atoms with Crippen LogP contribution in [0.4, 0.5) is 11.4 Å². The Balaban J connectivity index is 2.91. The smallest absolute Gasteiger partial charge is 0.289 e. The molecule has 17 heavy (non-hydrogen) atoms. The van der Waals surface area contributed by atoms with Gasteiger partial charge in [-0.05, 0) is 12.5 Å². The molecule has 0 saturated heterocycles. The lowest BCUT2D eigenvalue weighted by molar-refractivity contribution is -0.384. The van der Waals surface area contributed by atoms with Gasteiger partial charge in [-0.1, -0.05) is 24.6 Å². The molecule has 0 saturated carbocycles. The van der Waals surface area contributed by atoms with E-state index in [4.69, 9.17) is 16.3 Å². The fourth-order valence-electron chi connectivity index (χ4n) is 1.45. The Morgan fingerprint density at radius 1 is 1.59 bits per heavy atom. The molecule has 1 atom stereocenters. The Hall–Kier alpha value is -1.33. The highest BCUT2D eigenvalue weighted by Crippen LogP contribution is 2.32. The van der Waals surface area contributed by atoms with Crippen LogP contribution in [0.3, 0.4) is 0 Å². The number of anilines is 1. The van der Waals surface area contributed by atoms with E-state index in [-0.39, 0.29) is 16.8 Å². The Kier molecular flexibility index (Phi) is 5.18. The van der Waals surface area contributed by atoms with Crippen molar-refractivity contribution in [3.63, 3.8) is 0 Å². The van der Waals surface area contributed by atoms with E-state index in [1.807, 2.05) is 6.92 Å². The van der Waals surface area contributed by atoms with Crippen LogP contribution >= 0.6 is 11.6 Å². The predicted octanol–water partition coefficient (Wildman–Crippen LogP) is 3.09. The molecule has 0 amide bonds. The zero-order chi connectivity index (χ0) is 12.8. The van der Waals surface area contributed by atoms with Gasteiger partial charge in [0.1, 0.15) is 5.02 Å². The van der Waals surface area contributed by atoms with Crippen molar-refractivity contribution < 1.29 is 9.66 Å². The predicted molar refractivity (Wildman–Crippen MR) is 67.7 cm³/mol. The van der Waals surface area contributed by atoms with Crippen molar-refractivity contribution in [3.8, 4) is 0 Å². The van der Waals surface area contributed by atoms with E-state index < -0.39 is 4.92 Å². The van der Waals surface area contributed by atoms with Crippen LogP contribution in [0, 0.1) is 10.1 Å². The number of methoxy groups -OCH3 is 1. The van der Waals surface area contributed by atoms with Crippen molar-refractivity contribution in [1.29, 1.82) is 0 Å². The topological polar surface area (TPSA) is 64.4 Å². The van der Waals surface area contributed by atoms with Gasteiger partial charge in [0, 0.05) is 19.2 Å². The lowest BCUT2D eigenvalue weighted by Crippen LogP contribution is -2.24. The van der Waals surface area contributed by atoms with Gasteiger partial charge in [-0.2, -0.15) is 0 Å². The second-order valence-corrected chi connectivity index (χ2v) is 3.98. The summed E-state index contributed by atoms with van der Waals surface area (Å²) >= 11 is 5.96. The third kappa shape index (κ3) is 3.57. The van der Waals surface area contributed by atoms with Crippen molar-refractivity contribution in [2.24, 2.45) is 0 Å². The summed E-state index contributed by atoms with van der Waals surface area (Å²) in [7, 11) is 1.61. The second-order valence-electron chi connectivity index (χ2n) is 3.60. The molecular weight excluding hydrogens is 244 g/mol. The lowest BCUT2D eigenvalue weighted by atomic mass is 10.2. The number of ether oxygens (including phenoxy) is 1. The van der Waals surface area contributed by atoms with E-state index in [9.17, 15) is 10.1 Å². The van der Waals surface area contributed by atoms with Gasteiger partial charge >= 0.3 is 0 Å². The van der Waals surface area contributed by atoms with Gasteiger partial charge in [-0.15, -0.1) is 0 Å². The first-order valence-electron chi connectivity index (χ1n) is 5.28. The highest BCUT2D eigenvalue weighted by molar-refractivity contribution is 6.35. The van der Waals surface area contributed by atoms with Crippen molar-refractivity contribution in [3.05, 3.63) is 33.3 Å².